The van der Waals surface area contributed by atoms with Gasteiger partial charge >= 0.3 is 0 Å². The van der Waals surface area contributed by atoms with E-state index in [9.17, 15) is 0 Å². The van der Waals surface area contributed by atoms with E-state index in [4.69, 9.17) is 0 Å². The summed E-state index contributed by atoms with van der Waals surface area (Å²) in [6.45, 7) is 0. The Balaban J connectivity index is 1.42. The summed E-state index contributed by atoms with van der Waals surface area (Å²) < 4.78 is 0. The van der Waals surface area contributed by atoms with Crippen molar-refractivity contribution < 1.29 is 0 Å². The number of hydrogen-bond donors (Lipinski definition) is 0. The summed E-state index contributed by atoms with van der Waals surface area (Å²) in [6, 6.07) is 40.5. The molecular weight excluding hydrogens is 362 g/mol. The fourth-order valence-corrected chi connectivity index (χ4v) is 3.73. The summed E-state index contributed by atoms with van der Waals surface area (Å²) in [4.78, 5) is 4.50. The van der Waals surface area contributed by atoms with Gasteiger partial charge in [0, 0.05) is 23.5 Å². The molecule has 0 saturated carbocycles. The van der Waals surface area contributed by atoms with Crippen LogP contribution in [0, 0.1) is 0 Å². The van der Waals surface area contributed by atoms with E-state index in [1.54, 1.807) is 0 Å². The third-order valence-corrected chi connectivity index (χ3v) is 5.39. The van der Waals surface area contributed by atoms with Crippen LogP contribution in [0.3, 0.4) is 0 Å². The molecule has 0 bridgehead atoms. The molecule has 0 radical (unpaired) electrons. The molecule has 1 heterocycles. The number of pyridine rings is 1. The van der Waals surface area contributed by atoms with Gasteiger partial charge in [0.25, 0.3) is 0 Å². The molecule has 0 fully saturated rings. The molecule has 0 aliphatic rings. The molecule has 4 aromatic carbocycles. The maximum atomic E-state index is 4.50. The van der Waals surface area contributed by atoms with Crippen molar-refractivity contribution in [3.8, 4) is 44.5 Å². The van der Waals surface area contributed by atoms with E-state index in [0.29, 0.717) is 0 Å². The lowest BCUT2D eigenvalue weighted by atomic mass is 9.98. The first kappa shape index (κ1) is 18.1. The average Bonchev–Trinajstić information content (AvgIpc) is 2.85. The standard InChI is InChI=1S/C29H21N/c1-3-7-22(8-4-1)24-11-15-26(16-12-24)28-19-29(21-30-20-28)27-17-13-25(14-18-27)23-9-5-2-6-10-23/h1-21H. The van der Waals surface area contributed by atoms with Crippen LogP contribution < -0.4 is 0 Å². The zero-order chi connectivity index (χ0) is 20.2. The van der Waals surface area contributed by atoms with Crippen LogP contribution >= 0.6 is 0 Å². The number of nitrogens with zero attached hydrogens (tertiary/aromatic N) is 1. The van der Waals surface area contributed by atoms with Crippen molar-refractivity contribution in [2.45, 2.75) is 0 Å². The van der Waals surface area contributed by atoms with E-state index in [1.165, 1.54) is 33.4 Å². The molecule has 1 nitrogen and oxygen atoms in total. The van der Waals surface area contributed by atoms with Crippen molar-refractivity contribution in [3.63, 3.8) is 0 Å². The average molecular weight is 383 g/mol. The van der Waals surface area contributed by atoms with Crippen molar-refractivity contribution >= 4 is 0 Å². The Labute approximate surface area is 177 Å². The number of aromatic nitrogens is 1. The smallest absolute Gasteiger partial charge is 0.0346 e. The third-order valence-electron chi connectivity index (χ3n) is 5.39. The highest BCUT2D eigenvalue weighted by atomic mass is 14.6. The Kier molecular flexibility index (Phi) is 4.93. The predicted octanol–water partition coefficient (Wildman–Crippen LogP) is 7.75. The predicted molar refractivity (Wildman–Crippen MR) is 126 cm³/mol. The SMILES string of the molecule is c1ccc(-c2ccc(-c3cncc(-c4ccc(-c5ccccc5)cc4)c3)cc2)cc1. The van der Waals surface area contributed by atoms with Gasteiger partial charge in [-0.15, -0.1) is 0 Å². The molecule has 142 valence electrons. The highest BCUT2D eigenvalue weighted by molar-refractivity contribution is 5.75. The second-order valence-electron chi connectivity index (χ2n) is 7.35. The number of benzene rings is 4. The maximum absolute atomic E-state index is 4.50. The Bertz CT molecular complexity index is 1140. The van der Waals surface area contributed by atoms with Gasteiger partial charge < -0.3 is 0 Å². The fourth-order valence-electron chi connectivity index (χ4n) is 3.73. The molecule has 0 N–H and O–H groups in total. The lowest BCUT2D eigenvalue weighted by Gasteiger charge is -2.08. The molecular formula is C29H21N. The Morgan fingerprint density at radius 2 is 0.600 bits per heavy atom. The summed E-state index contributed by atoms with van der Waals surface area (Å²) in [7, 11) is 0. The minimum Gasteiger partial charge on any atom is -0.263 e. The van der Waals surface area contributed by atoms with Gasteiger partial charge in [-0.3, -0.25) is 4.98 Å². The van der Waals surface area contributed by atoms with E-state index < -0.39 is 0 Å². The van der Waals surface area contributed by atoms with E-state index in [-0.39, 0.29) is 0 Å². The summed E-state index contributed by atoms with van der Waals surface area (Å²) in [5.41, 5.74) is 9.50. The van der Waals surface area contributed by atoms with Gasteiger partial charge in [-0.25, -0.2) is 0 Å². The molecule has 0 saturated heterocycles. The van der Waals surface area contributed by atoms with Crippen LogP contribution in [0.5, 0.6) is 0 Å². The van der Waals surface area contributed by atoms with Crippen molar-refractivity contribution in [3.05, 3.63) is 128 Å². The van der Waals surface area contributed by atoms with Gasteiger partial charge in [0.15, 0.2) is 0 Å². The second kappa shape index (κ2) is 8.18. The maximum Gasteiger partial charge on any atom is 0.0346 e. The lowest BCUT2D eigenvalue weighted by molar-refractivity contribution is 1.33. The lowest BCUT2D eigenvalue weighted by Crippen LogP contribution is -1.85. The first-order chi connectivity index (χ1) is 14.9. The van der Waals surface area contributed by atoms with Crippen LogP contribution in [-0.2, 0) is 0 Å². The summed E-state index contributed by atoms with van der Waals surface area (Å²) in [5.74, 6) is 0. The number of hydrogen-bond acceptors (Lipinski definition) is 1. The molecule has 1 heteroatoms. The van der Waals surface area contributed by atoms with Gasteiger partial charge in [0.1, 0.15) is 0 Å². The minimum absolute atomic E-state index is 1.12. The molecule has 0 spiro atoms. The molecule has 0 unspecified atom stereocenters. The summed E-state index contributed by atoms with van der Waals surface area (Å²) >= 11 is 0. The highest BCUT2D eigenvalue weighted by Gasteiger charge is 2.05. The molecule has 1 aromatic heterocycles. The molecule has 30 heavy (non-hydrogen) atoms. The highest BCUT2D eigenvalue weighted by Crippen LogP contribution is 2.29. The summed E-state index contributed by atoms with van der Waals surface area (Å²) in [5, 5.41) is 0. The van der Waals surface area contributed by atoms with Gasteiger partial charge in [-0.1, -0.05) is 109 Å². The zero-order valence-electron chi connectivity index (χ0n) is 16.6. The van der Waals surface area contributed by atoms with Gasteiger partial charge in [0.05, 0.1) is 0 Å². The molecule has 5 rings (SSSR count). The van der Waals surface area contributed by atoms with Gasteiger partial charge in [0.2, 0.25) is 0 Å². The first-order valence-electron chi connectivity index (χ1n) is 10.1. The molecule has 0 aliphatic heterocycles. The molecule has 0 aliphatic carbocycles. The van der Waals surface area contributed by atoms with Crippen molar-refractivity contribution in [2.24, 2.45) is 0 Å². The van der Waals surface area contributed by atoms with Crippen molar-refractivity contribution in [1.82, 2.24) is 4.98 Å². The Morgan fingerprint density at radius 3 is 0.967 bits per heavy atom. The Hall–Kier alpha value is -3.97. The van der Waals surface area contributed by atoms with Crippen molar-refractivity contribution in [2.75, 3.05) is 0 Å². The van der Waals surface area contributed by atoms with E-state index >= 15 is 0 Å². The van der Waals surface area contributed by atoms with Crippen LogP contribution in [0.4, 0.5) is 0 Å². The minimum atomic E-state index is 1.12. The van der Waals surface area contributed by atoms with Crippen LogP contribution in [0.25, 0.3) is 44.5 Å². The summed E-state index contributed by atoms with van der Waals surface area (Å²) in [6.07, 6.45) is 3.86. The van der Waals surface area contributed by atoms with Crippen molar-refractivity contribution in [1.29, 1.82) is 0 Å². The van der Waals surface area contributed by atoms with Crippen LogP contribution in [0.1, 0.15) is 0 Å². The van der Waals surface area contributed by atoms with Crippen LogP contribution in [-0.4, -0.2) is 4.98 Å². The largest absolute Gasteiger partial charge is 0.263 e. The molecule has 5 aromatic rings. The Morgan fingerprint density at radius 1 is 0.300 bits per heavy atom. The van der Waals surface area contributed by atoms with Gasteiger partial charge in [-0.2, -0.15) is 0 Å². The molecule has 0 atom stereocenters. The monoisotopic (exact) mass is 383 g/mol. The van der Waals surface area contributed by atoms with Gasteiger partial charge in [-0.05, 0) is 39.4 Å². The van der Waals surface area contributed by atoms with E-state index in [0.717, 1.165) is 11.1 Å². The van der Waals surface area contributed by atoms with Crippen LogP contribution in [0.15, 0.2) is 128 Å². The fraction of sp³-hybridized carbons (Fsp3) is 0. The first-order valence-corrected chi connectivity index (χ1v) is 10.1. The third kappa shape index (κ3) is 3.78. The van der Waals surface area contributed by atoms with E-state index in [1.807, 2.05) is 24.5 Å². The zero-order valence-corrected chi connectivity index (χ0v) is 16.6. The number of rotatable bonds is 4. The quantitative estimate of drug-likeness (QED) is 0.309. The molecule has 0 amide bonds. The topological polar surface area (TPSA) is 12.9 Å². The normalized spacial score (nSPS) is 10.7. The van der Waals surface area contributed by atoms with E-state index in [2.05, 4.69) is 108 Å². The second-order valence-corrected chi connectivity index (χ2v) is 7.35. The van der Waals surface area contributed by atoms with Crippen LogP contribution in [0.2, 0.25) is 0 Å².